The van der Waals surface area contributed by atoms with Crippen LogP contribution < -0.4 is 14.8 Å². The van der Waals surface area contributed by atoms with Crippen LogP contribution in [0.5, 0.6) is 11.5 Å². The van der Waals surface area contributed by atoms with Crippen molar-refractivity contribution in [2.75, 3.05) is 18.5 Å². The average molecular weight is 393 g/mol. The summed E-state index contributed by atoms with van der Waals surface area (Å²) in [5.41, 5.74) is 4.37. The molecule has 0 spiro atoms. The fourth-order valence-corrected chi connectivity index (χ4v) is 3.65. The van der Waals surface area contributed by atoms with Gasteiger partial charge in [0, 0.05) is 18.8 Å². The summed E-state index contributed by atoms with van der Waals surface area (Å²) in [6, 6.07) is 15.6. The largest absolute Gasteiger partial charge is 0.486 e. The third kappa shape index (κ3) is 2.82. The first-order chi connectivity index (χ1) is 13.7. The van der Waals surface area contributed by atoms with Crippen LogP contribution in [0, 0.1) is 0 Å². The van der Waals surface area contributed by atoms with Crippen molar-refractivity contribution in [2.24, 2.45) is 7.05 Å². The van der Waals surface area contributed by atoms with E-state index in [0.717, 1.165) is 39.3 Å². The molecule has 0 saturated heterocycles. The molecule has 0 amide bonds. The number of fused-ring (bicyclic) bond motifs is 2. The zero-order valence-electron chi connectivity index (χ0n) is 15.1. The van der Waals surface area contributed by atoms with Gasteiger partial charge in [-0.25, -0.2) is 0 Å². The fourth-order valence-electron chi connectivity index (χ4n) is 3.37. The molecule has 28 heavy (non-hydrogen) atoms. The van der Waals surface area contributed by atoms with Gasteiger partial charge in [0.15, 0.2) is 17.3 Å². The highest BCUT2D eigenvalue weighted by Crippen LogP contribution is 2.40. The molecule has 0 unspecified atom stereocenters. The molecule has 1 aliphatic heterocycles. The van der Waals surface area contributed by atoms with E-state index in [4.69, 9.17) is 21.1 Å². The number of benzene rings is 2. The molecule has 2 aromatic heterocycles. The predicted octanol–water partition coefficient (Wildman–Crippen LogP) is 4.80. The first-order valence-corrected chi connectivity index (χ1v) is 9.32. The van der Waals surface area contributed by atoms with E-state index >= 15 is 0 Å². The van der Waals surface area contributed by atoms with Crippen molar-refractivity contribution < 1.29 is 9.47 Å². The quantitative estimate of drug-likeness (QED) is 0.542. The summed E-state index contributed by atoms with van der Waals surface area (Å²) in [6.45, 7) is 1.12. The van der Waals surface area contributed by atoms with Gasteiger partial charge in [-0.05, 0) is 35.9 Å². The molecule has 6 nitrogen and oxygen atoms in total. The zero-order valence-corrected chi connectivity index (χ0v) is 15.9. The highest BCUT2D eigenvalue weighted by atomic mass is 35.5. The summed E-state index contributed by atoms with van der Waals surface area (Å²) in [5.74, 6) is 2.16. The second-order valence-corrected chi connectivity index (χ2v) is 6.87. The van der Waals surface area contributed by atoms with Crippen LogP contribution in [0.3, 0.4) is 0 Å². The second kappa shape index (κ2) is 6.73. The highest BCUT2D eigenvalue weighted by Gasteiger charge is 2.16. The molecule has 2 aromatic carbocycles. The van der Waals surface area contributed by atoms with E-state index < -0.39 is 0 Å². The topological polar surface area (TPSA) is 61.2 Å². The van der Waals surface area contributed by atoms with E-state index in [0.29, 0.717) is 24.1 Å². The summed E-state index contributed by atoms with van der Waals surface area (Å²) < 4.78 is 13.1. The van der Waals surface area contributed by atoms with Crippen molar-refractivity contribution in [1.82, 2.24) is 14.8 Å². The number of rotatable bonds is 3. The van der Waals surface area contributed by atoms with Crippen molar-refractivity contribution in [1.29, 1.82) is 0 Å². The number of ether oxygens (including phenoxy) is 2. The number of hydrogen-bond donors (Lipinski definition) is 1. The standard InChI is InChI=1S/C21H17ClN4O2/c1-26-16-6-3-9-23-20(16)21(25-26)24-15-5-2-4-14(19(15)22)13-7-8-17-18(12-13)28-11-10-27-17/h2-9,12H,10-11H2,1H3,(H,24,25). The average Bonchev–Trinajstić information content (AvgIpc) is 3.05. The van der Waals surface area contributed by atoms with Crippen molar-refractivity contribution in [2.45, 2.75) is 0 Å². The number of nitrogens with one attached hydrogen (secondary N) is 1. The Labute approximate surface area is 166 Å². The van der Waals surface area contributed by atoms with Gasteiger partial charge in [0.2, 0.25) is 0 Å². The van der Waals surface area contributed by atoms with Crippen LogP contribution in [-0.4, -0.2) is 28.0 Å². The molecule has 0 bridgehead atoms. The van der Waals surface area contributed by atoms with E-state index in [1.165, 1.54) is 0 Å². The first kappa shape index (κ1) is 16.9. The maximum atomic E-state index is 6.74. The summed E-state index contributed by atoms with van der Waals surface area (Å²) in [7, 11) is 1.89. The lowest BCUT2D eigenvalue weighted by Gasteiger charge is -2.19. The normalized spacial score (nSPS) is 12.9. The Kier molecular flexibility index (Phi) is 4.06. The summed E-state index contributed by atoms with van der Waals surface area (Å²) in [5, 5.41) is 8.47. The third-order valence-electron chi connectivity index (χ3n) is 4.71. The van der Waals surface area contributed by atoms with Gasteiger partial charge >= 0.3 is 0 Å². The van der Waals surface area contributed by atoms with Gasteiger partial charge in [0.1, 0.15) is 18.7 Å². The van der Waals surface area contributed by atoms with Crippen LogP contribution in [0.2, 0.25) is 5.02 Å². The molecule has 1 N–H and O–H groups in total. The summed E-state index contributed by atoms with van der Waals surface area (Å²) in [4.78, 5) is 4.44. The molecule has 5 rings (SSSR count). The van der Waals surface area contributed by atoms with Crippen LogP contribution in [0.25, 0.3) is 22.2 Å². The van der Waals surface area contributed by atoms with Gasteiger partial charge in [0.05, 0.1) is 16.2 Å². The van der Waals surface area contributed by atoms with E-state index in [1.54, 1.807) is 10.9 Å². The number of halogens is 1. The van der Waals surface area contributed by atoms with Gasteiger partial charge in [-0.3, -0.25) is 9.67 Å². The minimum absolute atomic E-state index is 0.547. The number of aryl methyl sites for hydroxylation is 1. The van der Waals surface area contributed by atoms with E-state index in [-0.39, 0.29) is 0 Å². The highest BCUT2D eigenvalue weighted by molar-refractivity contribution is 6.36. The van der Waals surface area contributed by atoms with Gasteiger partial charge in [-0.15, -0.1) is 0 Å². The van der Waals surface area contributed by atoms with Gasteiger partial charge < -0.3 is 14.8 Å². The molecule has 7 heteroatoms. The zero-order chi connectivity index (χ0) is 19.1. The van der Waals surface area contributed by atoms with Crippen molar-refractivity contribution in [3.63, 3.8) is 0 Å². The number of pyridine rings is 1. The van der Waals surface area contributed by atoms with Crippen LogP contribution in [0.1, 0.15) is 0 Å². The van der Waals surface area contributed by atoms with E-state index in [2.05, 4.69) is 15.4 Å². The molecule has 1 aliphatic rings. The fraction of sp³-hybridized carbons (Fsp3) is 0.143. The van der Waals surface area contributed by atoms with Crippen molar-refractivity contribution in [3.8, 4) is 22.6 Å². The Morgan fingerprint density at radius 1 is 1.04 bits per heavy atom. The third-order valence-corrected chi connectivity index (χ3v) is 5.12. The van der Waals surface area contributed by atoms with Crippen LogP contribution in [0.4, 0.5) is 11.5 Å². The monoisotopic (exact) mass is 392 g/mol. The molecule has 0 aliphatic carbocycles. The second-order valence-electron chi connectivity index (χ2n) is 6.49. The number of anilines is 2. The molecule has 140 valence electrons. The molecule has 3 heterocycles. The Bertz CT molecular complexity index is 1190. The molecule has 0 atom stereocenters. The number of nitrogens with zero attached hydrogens (tertiary/aromatic N) is 3. The van der Waals surface area contributed by atoms with Gasteiger partial charge in [0.25, 0.3) is 0 Å². The number of hydrogen-bond acceptors (Lipinski definition) is 5. The minimum Gasteiger partial charge on any atom is -0.486 e. The lowest BCUT2D eigenvalue weighted by Crippen LogP contribution is -2.15. The molecule has 4 aromatic rings. The maximum absolute atomic E-state index is 6.74. The lowest BCUT2D eigenvalue weighted by molar-refractivity contribution is 0.171. The summed E-state index contributed by atoms with van der Waals surface area (Å²) >= 11 is 6.74. The lowest BCUT2D eigenvalue weighted by atomic mass is 10.0. The first-order valence-electron chi connectivity index (χ1n) is 8.94. The Balaban J connectivity index is 1.54. The molecular formula is C21H17ClN4O2. The maximum Gasteiger partial charge on any atom is 0.179 e. The van der Waals surface area contributed by atoms with Crippen LogP contribution >= 0.6 is 11.6 Å². The Hall–Kier alpha value is -3.25. The number of aromatic nitrogens is 3. The predicted molar refractivity (Wildman–Crippen MR) is 110 cm³/mol. The molecule has 0 radical (unpaired) electrons. The van der Waals surface area contributed by atoms with Gasteiger partial charge in [-0.2, -0.15) is 5.10 Å². The smallest absolute Gasteiger partial charge is 0.179 e. The van der Waals surface area contributed by atoms with Gasteiger partial charge in [-0.1, -0.05) is 29.8 Å². The van der Waals surface area contributed by atoms with E-state index in [1.807, 2.05) is 55.6 Å². The molecular weight excluding hydrogens is 376 g/mol. The van der Waals surface area contributed by atoms with Crippen LogP contribution in [-0.2, 0) is 7.05 Å². The van der Waals surface area contributed by atoms with Crippen molar-refractivity contribution in [3.05, 3.63) is 59.8 Å². The molecule has 0 saturated carbocycles. The summed E-state index contributed by atoms with van der Waals surface area (Å²) in [6.07, 6.45) is 1.75. The Morgan fingerprint density at radius 2 is 1.89 bits per heavy atom. The molecule has 0 fully saturated rings. The SMILES string of the molecule is Cn1nc(Nc2cccc(-c3ccc4c(c3)OCCO4)c2Cl)c2ncccc21. The minimum atomic E-state index is 0.547. The Morgan fingerprint density at radius 3 is 2.79 bits per heavy atom. The van der Waals surface area contributed by atoms with Crippen LogP contribution in [0.15, 0.2) is 54.7 Å². The van der Waals surface area contributed by atoms with E-state index in [9.17, 15) is 0 Å². The van der Waals surface area contributed by atoms with Crippen molar-refractivity contribution >= 4 is 34.1 Å².